The smallest absolute Gasteiger partial charge is 0.330 e. The molecule has 1 aromatic heterocycles. The first-order chi connectivity index (χ1) is 10.5. The van der Waals surface area contributed by atoms with Crippen molar-refractivity contribution in [3.63, 3.8) is 0 Å². The Hall–Kier alpha value is -2.33. The molecular formula is C17H16ClNO3. The van der Waals surface area contributed by atoms with Gasteiger partial charge in [-0.1, -0.05) is 11.6 Å². The van der Waals surface area contributed by atoms with Gasteiger partial charge in [-0.25, -0.2) is 4.79 Å². The molecule has 0 aliphatic carbocycles. The highest BCUT2D eigenvalue weighted by molar-refractivity contribution is 6.31. The Morgan fingerprint density at radius 2 is 2.00 bits per heavy atom. The second-order valence-corrected chi connectivity index (χ2v) is 5.09. The number of carbonyl (C=O) groups is 1. The van der Waals surface area contributed by atoms with E-state index in [9.17, 15) is 4.79 Å². The van der Waals surface area contributed by atoms with Gasteiger partial charge in [0.15, 0.2) is 0 Å². The van der Waals surface area contributed by atoms with Crippen LogP contribution in [0.5, 0.6) is 5.75 Å². The number of benzene rings is 1. The molecule has 0 atom stereocenters. The standard InChI is InChI=1S/C17H16ClNO3/c1-11(6-17(20)22-3)12-7-13(10-19-9-12)15-8-14(18)4-5-16(15)21-2/h4-10H,1-3H3/b11-6+. The van der Waals surface area contributed by atoms with Crippen molar-refractivity contribution in [2.24, 2.45) is 0 Å². The summed E-state index contributed by atoms with van der Waals surface area (Å²) in [5, 5.41) is 0.614. The zero-order valence-corrected chi connectivity index (χ0v) is 13.3. The van der Waals surface area contributed by atoms with Crippen molar-refractivity contribution in [1.82, 2.24) is 4.98 Å². The summed E-state index contributed by atoms with van der Waals surface area (Å²) < 4.78 is 10.00. The number of hydrogen-bond acceptors (Lipinski definition) is 4. The topological polar surface area (TPSA) is 48.4 Å². The molecule has 0 aliphatic heterocycles. The first-order valence-corrected chi connectivity index (χ1v) is 6.98. The maximum absolute atomic E-state index is 11.3. The fourth-order valence-electron chi connectivity index (χ4n) is 2.03. The molecule has 0 amide bonds. The van der Waals surface area contributed by atoms with Gasteiger partial charge >= 0.3 is 5.97 Å². The van der Waals surface area contributed by atoms with Crippen LogP contribution in [0.2, 0.25) is 5.02 Å². The highest BCUT2D eigenvalue weighted by atomic mass is 35.5. The summed E-state index contributed by atoms with van der Waals surface area (Å²) in [5.74, 6) is 0.307. The maximum Gasteiger partial charge on any atom is 0.330 e. The Morgan fingerprint density at radius 3 is 2.68 bits per heavy atom. The first kappa shape index (κ1) is 16.0. The SMILES string of the molecule is COC(=O)/C=C(\C)c1cncc(-c2cc(Cl)ccc2OC)c1. The summed E-state index contributed by atoms with van der Waals surface area (Å²) in [6.07, 6.45) is 4.84. The molecule has 1 aromatic carbocycles. The Bertz CT molecular complexity index is 726. The molecule has 5 heteroatoms. The van der Waals surface area contributed by atoms with Gasteiger partial charge in [0.25, 0.3) is 0 Å². The van der Waals surface area contributed by atoms with Crippen molar-refractivity contribution in [2.75, 3.05) is 14.2 Å². The summed E-state index contributed by atoms with van der Waals surface area (Å²) in [7, 11) is 2.95. The minimum absolute atomic E-state index is 0.400. The average Bonchev–Trinajstić information content (AvgIpc) is 2.54. The number of ether oxygens (including phenoxy) is 2. The number of halogens is 1. The summed E-state index contributed by atoms with van der Waals surface area (Å²) in [6, 6.07) is 7.32. The van der Waals surface area contributed by atoms with Crippen molar-refractivity contribution in [1.29, 1.82) is 0 Å². The lowest BCUT2D eigenvalue weighted by Gasteiger charge is -2.10. The monoisotopic (exact) mass is 317 g/mol. The van der Waals surface area contributed by atoms with Crippen LogP contribution in [0, 0.1) is 0 Å². The highest BCUT2D eigenvalue weighted by Crippen LogP contribution is 2.33. The lowest BCUT2D eigenvalue weighted by molar-refractivity contribution is -0.134. The predicted molar refractivity (Wildman–Crippen MR) is 86.9 cm³/mol. The lowest BCUT2D eigenvalue weighted by Crippen LogP contribution is -1.96. The van der Waals surface area contributed by atoms with Gasteiger partial charge in [0.2, 0.25) is 0 Å². The van der Waals surface area contributed by atoms with Gasteiger partial charge in [0.05, 0.1) is 14.2 Å². The van der Waals surface area contributed by atoms with E-state index >= 15 is 0 Å². The summed E-state index contributed by atoms with van der Waals surface area (Å²) in [5.41, 5.74) is 3.29. The molecular weight excluding hydrogens is 302 g/mol. The molecule has 0 saturated carbocycles. The molecule has 0 aliphatic rings. The zero-order chi connectivity index (χ0) is 16.1. The number of rotatable bonds is 4. The van der Waals surface area contributed by atoms with Crippen LogP contribution in [0.3, 0.4) is 0 Å². The number of pyridine rings is 1. The van der Waals surface area contributed by atoms with Gasteiger partial charge in [0.1, 0.15) is 5.75 Å². The number of methoxy groups -OCH3 is 2. The largest absolute Gasteiger partial charge is 0.496 e. The number of allylic oxidation sites excluding steroid dienone is 1. The number of esters is 1. The average molecular weight is 318 g/mol. The molecule has 22 heavy (non-hydrogen) atoms. The van der Waals surface area contributed by atoms with Crippen LogP contribution in [-0.4, -0.2) is 25.2 Å². The quantitative estimate of drug-likeness (QED) is 0.632. The van der Waals surface area contributed by atoms with Crippen molar-refractivity contribution in [3.8, 4) is 16.9 Å². The van der Waals surface area contributed by atoms with Gasteiger partial charge in [-0.3, -0.25) is 4.98 Å². The third kappa shape index (κ3) is 3.65. The summed E-state index contributed by atoms with van der Waals surface area (Å²) in [4.78, 5) is 15.6. The van der Waals surface area contributed by atoms with Crippen molar-refractivity contribution in [3.05, 3.63) is 53.3 Å². The first-order valence-electron chi connectivity index (χ1n) is 6.60. The van der Waals surface area contributed by atoms with E-state index in [1.165, 1.54) is 13.2 Å². The Labute approximate surface area is 134 Å². The molecule has 1 heterocycles. The minimum atomic E-state index is -0.400. The van der Waals surface area contributed by atoms with Crippen LogP contribution >= 0.6 is 11.6 Å². The van der Waals surface area contributed by atoms with Crippen LogP contribution in [0.1, 0.15) is 12.5 Å². The van der Waals surface area contributed by atoms with Gasteiger partial charge in [-0.05, 0) is 42.3 Å². The molecule has 114 valence electrons. The van der Waals surface area contributed by atoms with E-state index in [1.54, 1.807) is 25.6 Å². The van der Waals surface area contributed by atoms with E-state index in [-0.39, 0.29) is 0 Å². The van der Waals surface area contributed by atoms with E-state index < -0.39 is 5.97 Å². The lowest BCUT2D eigenvalue weighted by atomic mass is 10.0. The molecule has 0 radical (unpaired) electrons. The molecule has 0 unspecified atom stereocenters. The van der Waals surface area contributed by atoms with Crippen molar-refractivity contribution >= 4 is 23.1 Å². The third-order valence-electron chi connectivity index (χ3n) is 3.20. The highest BCUT2D eigenvalue weighted by Gasteiger charge is 2.09. The van der Waals surface area contributed by atoms with Gasteiger partial charge in [0, 0.05) is 34.6 Å². The third-order valence-corrected chi connectivity index (χ3v) is 3.44. The molecule has 4 nitrogen and oxygen atoms in total. The van der Waals surface area contributed by atoms with Crippen LogP contribution in [0.25, 0.3) is 16.7 Å². The molecule has 0 saturated heterocycles. The van der Waals surface area contributed by atoms with Crippen LogP contribution in [0.4, 0.5) is 0 Å². The number of nitrogens with zero attached hydrogens (tertiary/aromatic N) is 1. The number of hydrogen-bond donors (Lipinski definition) is 0. The predicted octanol–water partition coefficient (Wildman–Crippen LogP) is 3.99. The maximum atomic E-state index is 11.3. The van der Waals surface area contributed by atoms with E-state index in [4.69, 9.17) is 16.3 Å². The van der Waals surface area contributed by atoms with Crippen molar-refractivity contribution in [2.45, 2.75) is 6.92 Å². The number of aromatic nitrogens is 1. The van der Waals surface area contributed by atoms with E-state index in [2.05, 4.69) is 9.72 Å². The fraction of sp³-hybridized carbons (Fsp3) is 0.176. The van der Waals surface area contributed by atoms with Gasteiger partial charge in [-0.15, -0.1) is 0 Å². The molecule has 2 aromatic rings. The van der Waals surface area contributed by atoms with Crippen molar-refractivity contribution < 1.29 is 14.3 Å². The van der Waals surface area contributed by atoms with Crippen LogP contribution in [0.15, 0.2) is 42.7 Å². The summed E-state index contributed by atoms with van der Waals surface area (Å²) >= 11 is 6.07. The Balaban J connectivity index is 2.47. The second kappa shape index (κ2) is 7.09. The molecule has 0 bridgehead atoms. The Morgan fingerprint density at radius 1 is 1.23 bits per heavy atom. The van der Waals surface area contributed by atoms with E-state index in [0.717, 1.165) is 22.3 Å². The number of carbonyl (C=O) groups excluding carboxylic acids is 1. The van der Waals surface area contributed by atoms with Gasteiger partial charge < -0.3 is 9.47 Å². The van der Waals surface area contributed by atoms with E-state index in [1.807, 2.05) is 25.1 Å². The molecule has 2 rings (SSSR count). The van der Waals surface area contributed by atoms with E-state index in [0.29, 0.717) is 10.8 Å². The Kier molecular flexibility index (Phi) is 5.17. The fourth-order valence-corrected chi connectivity index (χ4v) is 2.20. The molecule has 0 N–H and O–H groups in total. The zero-order valence-electron chi connectivity index (χ0n) is 12.6. The molecule has 0 spiro atoms. The van der Waals surface area contributed by atoms with Crippen LogP contribution < -0.4 is 4.74 Å². The summed E-state index contributed by atoms with van der Waals surface area (Å²) in [6.45, 7) is 1.83. The normalized spacial score (nSPS) is 11.2. The second-order valence-electron chi connectivity index (χ2n) is 4.66. The molecule has 0 fully saturated rings. The minimum Gasteiger partial charge on any atom is -0.496 e. The van der Waals surface area contributed by atoms with Gasteiger partial charge in [-0.2, -0.15) is 0 Å². The van der Waals surface area contributed by atoms with Crippen LogP contribution in [-0.2, 0) is 9.53 Å².